The van der Waals surface area contributed by atoms with Gasteiger partial charge in [0.1, 0.15) is 25.1 Å². The maximum atomic E-state index is 11.8. The number of hydrogen-bond acceptors (Lipinski definition) is 7. The van der Waals surface area contributed by atoms with Gasteiger partial charge in [-0.1, -0.05) is 176 Å². The Balaban J connectivity index is 0.000000196. The highest BCUT2D eigenvalue weighted by Crippen LogP contribution is 2.63. The quantitative estimate of drug-likeness (QED) is 0.108. The molecule has 0 heterocycles. The van der Waals surface area contributed by atoms with E-state index in [1.54, 1.807) is 38.2 Å². The van der Waals surface area contributed by atoms with Crippen LogP contribution in [0.15, 0.2) is 107 Å². The van der Waals surface area contributed by atoms with E-state index >= 15 is 0 Å². The third-order valence-corrected chi connectivity index (χ3v) is 22.4. The van der Waals surface area contributed by atoms with Crippen LogP contribution in [0.4, 0.5) is 0 Å². The maximum absolute atomic E-state index is 11.8. The van der Waals surface area contributed by atoms with Crippen molar-refractivity contribution >= 4 is 42.5 Å². The molecule has 8 aliphatic carbocycles. The number of aldehydes is 4. The van der Waals surface area contributed by atoms with Crippen LogP contribution in [0.5, 0.6) is 0 Å². The van der Waals surface area contributed by atoms with E-state index in [2.05, 4.69) is 120 Å². The molecule has 0 N–H and O–H groups in total. The number of rotatable bonds is 12. The molecule has 4 fully saturated rings. The molecule has 7 heteroatoms. The highest BCUT2D eigenvalue weighted by molar-refractivity contribution is 5.88. The maximum Gasteiger partial charge on any atom is 0.152 e. The van der Waals surface area contributed by atoms with Crippen LogP contribution in [-0.4, -0.2) is 42.5 Å². The Bertz CT molecular complexity index is 2470. The average molecular weight is 1100 g/mol. The zero-order valence-corrected chi connectivity index (χ0v) is 52.7. The topological polar surface area (TPSA) is 119 Å². The van der Waals surface area contributed by atoms with E-state index in [1.807, 2.05) is 31.2 Å². The Morgan fingerprint density at radius 3 is 0.850 bits per heavy atom. The van der Waals surface area contributed by atoms with Gasteiger partial charge in [0.25, 0.3) is 0 Å². The summed E-state index contributed by atoms with van der Waals surface area (Å²) in [5.41, 5.74) is 5.96. The van der Waals surface area contributed by atoms with Crippen molar-refractivity contribution in [3.8, 4) is 0 Å². The van der Waals surface area contributed by atoms with Gasteiger partial charge in [-0.25, -0.2) is 0 Å². The van der Waals surface area contributed by atoms with E-state index in [0.717, 1.165) is 80.5 Å². The zero-order chi connectivity index (χ0) is 59.7. The largest absolute Gasteiger partial charge is 0.303 e. The predicted octanol–water partition coefficient (Wildman–Crippen LogP) is 17.4. The van der Waals surface area contributed by atoms with E-state index in [4.69, 9.17) is 0 Å². The smallest absolute Gasteiger partial charge is 0.152 e. The minimum atomic E-state index is -0.0728. The molecule has 0 bridgehead atoms. The Morgan fingerprint density at radius 2 is 0.613 bits per heavy atom. The van der Waals surface area contributed by atoms with Crippen molar-refractivity contribution in [2.24, 2.45) is 90.7 Å². The Labute approximate surface area is 485 Å². The molecule has 4 unspecified atom stereocenters. The lowest BCUT2D eigenvalue weighted by molar-refractivity contribution is -0.120. The molecule has 0 spiro atoms. The van der Waals surface area contributed by atoms with Gasteiger partial charge in [0.2, 0.25) is 0 Å². The molecule has 0 saturated heterocycles. The van der Waals surface area contributed by atoms with Crippen LogP contribution >= 0.6 is 0 Å². The third-order valence-electron chi connectivity index (χ3n) is 22.4. The van der Waals surface area contributed by atoms with Crippen molar-refractivity contribution in [1.82, 2.24) is 0 Å². The van der Waals surface area contributed by atoms with Crippen LogP contribution < -0.4 is 0 Å². The lowest BCUT2D eigenvalue weighted by Crippen LogP contribution is -2.49. The van der Waals surface area contributed by atoms with Crippen LogP contribution in [-0.2, 0) is 33.6 Å². The molecule has 12 atom stereocenters. The summed E-state index contributed by atoms with van der Waals surface area (Å²) in [6.45, 7) is 34.6. The van der Waals surface area contributed by atoms with Gasteiger partial charge in [-0.2, -0.15) is 0 Å². The van der Waals surface area contributed by atoms with Crippen molar-refractivity contribution in [3.63, 3.8) is 0 Å². The number of fused-ring (bicyclic) bond motifs is 4. The molecule has 0 aromatic rings. The molecule has 8 aliphatic rings. The summed E-state index contributed by atoms with van der Waals surface area (Å²) in [6, 6.07) is 0. The zero-order valence-electron chi connectivity index (χ0n) is 52.7. The second kappa shape index (κ2) is 26.7. The highest BCUT2D eigenvalue weighted by atomic mass is 16.1. The first-order valence-electron chi connectivity index (χ1n) is 30.9. The Hall–Kier alpha value is -4.65. The summed E-state index contributed by atoms with van der Waals surface area (Å²) < 4.78 is 0. The normalized spacial score (nSPS) is 36.5. The average Bonchev–Trinajstić information content (AvgIpc) is 3.36. The molecule has 0 aromatic heterocycles. The number of ketones is 3. The summed E-state index contributed by atoms with van der Waals surface area (Å²) in [5, 5.41) is 0. The number of hydrogen-bond donors (Lipinski definition) is 0. The Morgan fingerprint density at radius 1 is 0.362 bits per heavy atom. The van der Waals surface area contributed by atoms with Crippen molar-refractivity contribution < 1.29 is 33.6 Å². The van der Waals surface area contributed by atoms with Crippen molar-refractivity contribution in [2.75, 3.05) is 0 Å². The molecular weight excluding hydrogens is 989 g/mol. The van der Waals surface area contributed by atoms with Crippen LogP contribution in [0.25, 0.3) is 0 Å². The van der Waals surface area contributed by atoms with Gasteiger partial charge in [0, 0.05) is 23.7 Å². The minimum Gasteiger partial charge on any atom is -0.303 e. The molecule has 0 aromatic carbocycles. The molecule has 7 nitrogen and oxygen atoms in total. The second-order valence-corrected chi connectivity index (χ2v) is 29.5. The molecule has 4 saturated carbocycles. The molecule has 8 rings (SSSR count). The fourth-order valence-electron chi connectivity index (χ4n) is 18.2. The minimum absolute atomic E-state index is 0.0341. The third kappa shape index (κ3) is 14.4. The first kappa shape index (κ1) is 66.2. The van der Waals surface area contributed by atoms with Gasteiger partial charge in [-0.3, -0.25) is 14.4 Å². The van der Waals surface area contributed by atoms with E-state index in [1.165, 1.54) is 76.6 Å². The van der Waals surface area contributed by atoms with Crippen LogP contribution in [0, 0.1) is 90.7 Å². The number of carbonyl (C=O) groups is 7. The lowest BCUT2D eigenvalue weighted by Gasteiger charge is -2.55. The van der Waals surface area contributed by atoms with E-state index < -0.39 is 0 Å². The summed E-state index contributed by atoms with van der Waals surface area (Å²) in [6.07, 6.45) is 50.3. The summed E-state index contributed by atoms with van der Waals surface area (Å²) in [5.74, 6) is 2.32. The SMILES string of the molecule is C/C=C/C1=CCC2C(C)(C)CCC[C@]2(C)[C@H]1C=O.CC(=O)/C=C/C1=CCC2C(C)(C)CCC[C@]2(C)[C@H]1C=O.CC(=O)/C=C/C1=CCC2C(C)(C)CCC[C@]2(C)[C@H]1C=O.CC(=O)/C=C/C=C/C1=CCC2C(C)(C)CCC[C@]2(C)[C@H]1C=O. The van der Waals surface area contributed by atoms with Crippen molar-refractivity contribution in [1.29, 1.82) is 0 Å². The molecule has 80 heavy (non-hydrogen) atoms. The summed E-state index contributed by atoms with van der Waals surface area (Å²) in [4.78, 5) is 80.2. The van der Waals surface area contributed by atoms with Gasteiger partial charge < -0.3 is 19.2 Å². The molecule has 0 aliphatic heterocycles. The van der Waals surface area contributed by atoms with E-state index in [9.17, 15) is 33.6 Å². The monoisotopic (exact) mass is 1090 g/mol. The summed E-state index contributed by atoms with van der Waals surface area (Å²) in [7, 11) is 0. The first-order chi connectivity index (χ1) is 37.4. The first-order valence-corrected chi connectivity index (χ1v) is 30.9. The molecular formula is C73H106O7. The van der Waals surface area contributed by atoms with Gasteiger partial charge >= 0.3 is 0 Å². The van der Waals surface area contributed by atoms with Crippen LogP contribution in [0.2, 0.25) is 0 Å². The lowest BCUT2D eigenvalue weighted by atomic mass is 9.49. The molecule has 0 radical (unpaired) electrons. The number of allylic oxidation sites excluding steroid dienone is 18. The van der Waals surface area contributed by atoms with Gasteiger partial charge in [-0.15, -0.1) is 0 Å². The fraction of sp³-hybridized carbons (Fsp3) is 0.658. The van der Waals surface area contributed by atoms with Gasteiger partial charge in [0.15, 0.2) is 17.3 Å². The van der Waals surface area contributed by atoms with Crippen molar-refractivity contribution in [2.45, 2.75) is 214 Å². The Kier molecular flexibility index (Phi) is 22.1. The molecule has 0 amide bonds. The second-order valence-electron chi connectivity index (χ2n) is 29.5. The molecule has 440 valence electrons. The predicted molar refractivity (Wildman–Crippen MR) is 329 cm³/mol. The van der Waals surface area contributed by atoms with Crippen LogP contribution in [0.3, 0.4) is 0 Å². The number of carbonyl (C=O) groups excluding carboxylic acids is 7. The standard InChI is InChI=1S/C20H28O2.2C18H26O2.C17H26O/c1-15(22)8-5-6-9-16-10-11-18-19(2,3)12-7-13-20(18,4)17(16)14-21;2*1-13(20)6-7-14-8-9-16-17(2,3)10-5-11-18(16,4)15(14)12-19;1-5-7-13-8-9-15-16(2,3)10-6-11-17(15,4)14(13)12-18/h5-6,8-10,14,17-18H,7,11-13H2,1-4H3;2*6-8,12,15-16H,5,9-11H2,1-4H3;5,7-8,12,14-15H,6,9-11H2,1-4H3/b8-5+,9-6+;2*7-6+;7-5+/t17-,18?,20+;2*15-,16?,18+;14-,15?,17+/m0000/s1. The van der Waals surface area contributed by atoms with E-state index in [-0.39, 0.29) is 62.7 Å². The van der Waals surface area contributed by atoms with Gasteiger partial charge in [0.05, 0.1) is 0 Å². The van der Waals surface area contributed by atoms with Crippen molar-refractivity contribution in [3.05, 3.63) is 107 Å². The fourth-order valence-corrected chi connectivity index (χ4v) is 18.2. The summed E-state index contributed by atoms with van der Waals surface area (Å²) >= 11 is 0. The van der Waals surface area contributed by atoms with Crippen LogP contribution in [0.1, 0.15) is 214 Å². The van der Waals surface area contributed by atoms with Gasteiger partial charge in [-0.05, 0) is 212 Å². The van der Waals surface area contributed by atoms with E-state index in [0.29, 0.717) is 45.3 Å². The highest BCUT2D eigenvalue weighted by Gasteiger charge is 2.56.